The van der Waals surface area contributed by atoms with Crippen LogP contribution in [0.3, 0.4) is 0 Å². The number of amides is 2. The van der Waals surface area contributed by atoms with E-state index in [0.29, 0.717) is 63.5 Å². The van der Waals surface area contributed by atoms with Crippen molar-refractivity contribution in [1.29, 1.82) is 0 Å². The van der Waals surface area contributed by atoms with Gasteiger partial charge in [-0.25, -0.2) is 0 Å². The van der Waals surface area contributed by atoms with Crippen LogP contribution < -0.4 is 9.47 Å². The molecule has 4 rings (SSSR count). The van der Waals surface area contributed by atoms with E-state index in [0.717, 1.165) is 18.4 Å². The quantitative estimate of drug-likeness (QED) is 0.388. The zero-order valence-corrected chi connectivity index (χ0v) is 23.4. The first-order chi connectivity index (χ1) is 18.6. The molecule has 216 valence electrons. The molecule has 10 heteroatoms. The summed E-state index contributed by atoms with van der Waals surface area (Å²) in [5.41, 5.74) is 0.740. The third-order valence-electron chi connectivity index (χ3n) is 8.21. The summed E-state index contributed by atoms with van der Waals surface area (Å²) in [4.78, 5) is 44.5. The molecule has 0 bridgehead atoms. The Morgan fingerprint density at radius 3 is 2.56 bits per heavy atom. The standard InChI is InChI=1S/C29H43N3O7/c1-4-5-10-30(11-6-13-33)26(35)17-32-16-21(20-7-8-23-24(14-20)39-19-38-23)27(28(36)37)22(32)9-12-31-18-29(2,3)15-25(31)34/h7-8,14,21-22,27,33H,4-6,9-13,15-19H2,1-3H3,(H,36,37). The number of aliphatic hydroxyl groups is 1. The number of fused-ring (bicyclic) bond motifs is 1. The van der Waals surface area contributed by atoms with E-state index >= 15 is 0 Å². The van der Waals surface area contributed by atoms with Crippen LogP contribution in [0.4, 0.5) is 0 Å². The number of carbonyl (C=O) groups is 3. The molecule has 0 aliphatic carbocycles. The summed E-state index contributed by atoms with van der Waals surface area (Å²) in [5, 5.41) is 19.8. The van der Waals surface area contributed by atoms with Crippen LogP contribution in [0.1, 0.15) is 64.4 Å². The lowest BCUT2D eigenvalue weighted by Gasteiger charge is -2.31. The Kier molecular flexibility index (Phi) is 9.38. The van der Waals surface area contributed by atoms with Crippen molar-refractivity contribution in [2.45, 2.75) is 64.8 Å². The van der Waals surface area contributed by atoms with E-state index < -0.39 is 17.9 Å². The Labute approximate surface area is 230 Å². The Morgan fingerprint density at radius 2 is 1.90 bits per heavy atom. The summed E-state index contributed by atoms with van der Waals surface area (Å²) in [6.07, 6.45) is 3.27. The summed E-state index contributed by atoms with van der Waals surface area (Å²) in [5.74, 6) is -0.730. The van der Waals surface area contributed by atoms with Crippen molar-refractivity contribution in [3.8, 4) is 11.5 Å². The lowest BCUT2D eigenvalue weighted by Crippen LogP contribution is -2.46. The normalized spacial score (nSPS) is 23.9. The van der Waals surface area contributed by atoms with Gasteiger partial charge in [0.25, 0.3) is 0 Å². The molecular weight excluding hydrogens is 502 g/mol. The van der Waals surface area contributed by atoms with E-state index in [9.17, 15) is 24.6 Å². The number of rotatable bonds is 13. The van der Waals surface area contributed by atoms with Crippen molar-refractivity contribution in [3.63, 3.8) is 0 Å². The first kappa shape index (κ1) is 29.1. The van der Waals surface area contributed by atoms with E-state index in [1.165, 1.54) is 0 Å². The Hall–Kier alpha value is -2.85. The third-order valence-corrected chi connectivity index (χ3v) is 8.21. The number of carboxylic acid groups (broad SMARTS) is 1. The molecule has 39 heavy (non-hydrogen) atoms. The lowest BCUT2D eigenvalue weighted by atomic mass is 9.84. The number of carboxylic acids is 1. The van der Waals surface area contributed by atoms with Crippen LogP contribution in [-0.2, 0) is 14.4 Å². The second-order valence-corrected chi connectivity index (χ2v) is 11.8. The molecule has 1 aromatic rings. The summed E-state index contributed by atoms with van der Waals surface area (Å²) in [6.45, 7) is 9.05. The molecule has 3 unspecified atom stereocenters. The van der Waals surface area contributed by atoms with Crippen molar-refractivity contribution in [3.05, 3.63) is 23.8 Å². The summed E-state index contributed by atoms with van der Waals surface area (Å²) >= 11 is 0. The van der Waals surface area contributed by atoms with E-state index in [1.807, 2.05) is 28.0 Å². The predicted octanol–water partition coefficient (Wildman–Crippen LogP) is 2.54. The fourth-order valence-electron chi connectivity index (χ4n) is 6.25. The number of likely N-dealkylation sites (tertiary alicyclic amines) is 2. The van der Waals surface area contributed by atoms with Gasteiger partial charge in [0.2, 0.25) is 18.6 Å². The number of hydrogen-bond acceptors (Lipinski definition) is 7. The van der Waals surface area contributed by atoms with E-state index in [-0.39, 0.29) is 43.1 Å². The maximum absolute atomic E-state index is 13.5. The van der Waals surface area contributed by atoms with Crippen LogP contribution in [0.2, 0.25) is 0 Å². The summed E-state index contributed by atoms with van der Waals surface area (Å²) < 4.78 is 11.0. The highest BCUT2D eigenvalue weighted by atomic mass is 16.7. The van der Waals surface area contributed by atoms with Gasteiger partial charge < -0.3 is 29.5 Å². The van der Waals surface area contributed by atoms with Gasteiger partial charge >= 0.3 is 5.97 Å². The largest absolute Gasteiger partial charge is 0.481 e. The minimum Gasteiger partial charge on any atom is -0.481 e. The van der Waals surface area contributed by atoms with Gasteiger partial charge in [-0.2, -0.15) is 0 Å². The van der Waals surface area contributed by atoms with Crippen LogP contribution in [0.5, 0.6) is 11.5 Å². The monoisotopic (exact) mass is 545 g/mol. The molecule has 2 fully saturated rings. The number of aliphatic carboxylic acids is 1. The lowest BCUT2D eigenvalue weighted by molar-refractivity contribution is -0.144. The number of hydrogen-bond donors (Lipinski definition) is 2. The molecule has 2 saturated heterocycles. The summed E-state index contributed by atoms with van der Waals surface area (Å²) in [7, 11) is 0. The van der Waals surface area contributed by atoms with Gasteiger partial charge in [-0.1, -0.05) is 33.3 Å². The maximum atomic E-state index is 13.5. The molecule has 10 nitrogen and oxygen atoms in total. The molecule has 0 saturated carbocycles. The first-order valence-corrected chi connectivity index (χ1v) is 14.2. The summed E-state index contributed by atoms with van der Waals surface area (Å²) in [6, 6.07) is 5.14. The Balaban J connectivity index is 1.58. The minimum atomic E-state index is -0.909. The van der Waals surface area contributed by atoms with Gasteiger partial charge in [0.1, 0.15) is 0 Å². The van der Waals surface area contributed by atoms with Crippen molar-refractivity contribution >= 4 is 17.8 Å². The molecule has 2 N–H and O–H groups in total. The average Bonchev–Trinajstić information content (AvgIpc) is 3.56. The molecule has 1 aromatic carbocycles. The van der Waals surface area contributed by atoms with Crippen LogP contribution >= 0.6 is 0 Å². The van der Waals surface area contributed by atoms with Crippen LogP contribution in [0.15, 0.2) is 18.2 Å². The van der Waals surface area contributed by atoms with Gasteiger partial charge in [-0.05, 0) is 42.4 Å². The number of carbonyl (C=O) groups excluding carboxylic acids is 2. The molecule has 0 aromatic heterocycles. The molecule has 3 aliphatic heterocycles. The predicted molar refractivity (Wildman–Crippen MR) is 145 cm³/mol. The highest BCUT2D eigenvalue weighted by Crippen LogP contribution is 2.43. The number of aliphatic hydroxyl groups excluding tert-OH is 1. The van der Waals surface area contributed by atoms with Gasteiger partial charge in [0, 0.05) is 57.7 Å². The number of benzene rings is 1. The first-order valence-electron chi connectivity index (χ1n) is 14.2. The Bertz CT molecular complexity index is 1040. The van der Waals surface area contributed by atoms with Gasteiger partial charge in [0.15, 0.2) is 11.5 Å². The smallest absolute Gasteiger partial charge is 0.308 e. The van der Waals surface area contributed by atoms with Gasteiger partial charge in [-0.15, -0.1) is 0 Å². The van der Waals surface area contributed by atoms with Crippen LogP contribution in [0.25, 0.3) is 0 Å². The third kappa shape index (κ3) is 6.84. The van der Waals surface area contributed by atoms with Crippen LogP contribution in [-0.4, -0.2) is 101 Å². The van der Waals surface area contributed by atoms with E-state index in [2.05, 4.69) is 20.8 Å². The topological polar surface area (TPSA) is 120 Å². The van der Waals surface area contributed by atoms with E-state index in [1.54, 1.807) is 4.90 Å². The maximum Gasteiger partial charge on any atom is 0.308 e. The molecule has 0 radical (unpaired) electrons. The fraction of sp³-hybridized carbons (Fsp3) is 0.690. The van der Waals surface area contributed by atoms with E-state index in [4.69, 9.17) is 9.47 Å². The molecule has 3 aliphatic rings. The highest BCUT2D eigenvalue weighted by molar-refractivity contribution is 5.80. The molecular formula is C29H43N3O7. The molecule has 2 amide bonds. The number of nitrogens with zero attached hydrogens (tertiary/aromatic N) is 3. The van der Waals surface area contributed by atoms with Crippen molar-refractivity contribution < 1.29 is 34.1 Å². The Morgan fingerprint density at radius 1 is 1.15 bits per heavy atom. The van der Waals surface area contributed by atoms with Crippen molar-refractivity contribution in [2.24, 2.45) is 11.3 Å². The molecule has 3 atom stereocenters. The second-order valence-electron chi connectivity index (χ2n) is 11.8. The number of ether oxygens (including phenoxy) is 2. The van der Waals surface area contributed by atoms with Gasteiger partial charge in [0.05, 0.1) is 12.5 Å². The SMILES string of the molecule is CCCCN(CCCO)C(=O)CN1CC(c2ccc3c(c2)OCO3)C(C(=O)O)C1CCN1CC(C)(C)CC1=O. The van der Waals surface area contributed by atoms with Gasteiger partial charge in [-0.3, -0.25) is 19.3 Å². The molecule has 0 spiro atoms. The average molecular weight is 546 g/mol. The minimum absolute atomic E-state index is 0.00965. The number of unbranched alkanes of at least 4 members (excludes halogenated alkanes) is 1. The van der Waals surface area contributed by atoms with Crippen molar-refractivity contribution in [1.82, 2.24) is 14.7 Å². The zero-order chi connectivity index (χ0) is 28.2. The fourth-order valence-corrected chi connectivity index (χ4v) is 6.25. The molecule has 3 heterocycles. The van der Waals surface area contributed by atoms with Crippen LogP contribution in [0, 0.1) is 11.3 Å². The van der Waals surface area contributed by atoms with Crippen molar-refractivity contribution in [2.75, 3.05) is 52.7 Å². The second kappa shape index (κ2) is 12.6. The zero-order valence-electron chi connectivity index (χ0n) is 23.4. The highest BCUT2D eigenvalue weighted by Gasteiger charge is 2.48.